The van der Waals surface area contributed by atoms with Gasteiger partial charge in [-0.25, -0.2) is 9.18 Å². The van der Waals surface area contributed by atoms with Crippen LogP contribution in [-0.4, -0.2) is 24.8 Å². The lowest BCUT2D eigenvalue weighted by Gasteiger charge is -2.18. The third-order valence-corrected chi connectivity index (χ3v) is 3.17. The van der Waals surface area contributed by atoms with Crippen LogP contribution in [-0.2, 0) is 10.9 Å². The van der Waals surface area contributed by atoms with Gasteiger partial charge in [0.1, 0.15) is 22.7 Å². The summed E-state index contributed by atoms with van der Waals surface area (Å²) >= 11 is 0. The van der Waals surface area contributed by atoms with Crippen molar-refractivity contribution in [2.75, 3.05) is 14.2 Å². The molecule has 0 saturated carbocycles. The normalized spacial score (nSPS) is 11.2. The Labute approximate surface area is 133 Å². The standard InChI is InChI=1S/C15H11F4NO4/c1-23-10-5-3-4-9(16)12(10)20-11(15(17,18)19)7-6-8(13(20)21)14(22)24-2/h3-7H,1-2H3. The first kappa shape index (κ1) is 17.5. The number of pyridine rings is 1. The number of esters is 1. The van der Waals surface area contributed by atoms with Crippen LogP contribution in [0.4, 0.5) is 17.6 Å². The zero-order valence-corrected chi connectivity index (χ0v) is 12.5. The highest BCUT2D eigenvalue weighted by Crippen LogP contribution is 2.33. The molecule has 0 aliphatic heterocycles. The molecule has 0 N–H and O–H groups in total. The van der Waals surface area contributed by atoms with Crippen LogP contribution in [0.3, 0.4) is 0 Å². The zero-order chi connectivity index (χ0) is 18.1. The molecule has 0 bridgehead atoms. The summed E-state index contributed by atoms with van der Waals surface area (Å²) < 4.78 is 63.2. The Balaban J connectivity index is 2.95. The molecular weight excluding hydrogens is 334 g/mol. The highest BCUT2D eigenvalue weighted by molar-refractivity contribution is 5.89. The fraction of sp³-hybridized carbons (Fsp3) is 0.200. The molecule has 0 amide bonds. The number of rotatable bonds is 3. The molecule has 0 unspecified atom stereocenters. The second-order valence-corrected chi connectivity index (χ2v) is 4.55. The fourth-order valence-electron chi connectivity index (χ4n) is 2.12. The van der Waals surface area contributed by atoms with Gasteiger partial charge >= 0.3 is 12.1 Å². The Hall–Kier alpha value is -2.84. The molecule has 9 heteroatoms. The Morgan fingerprint density at radius 3 is 2.33 bits per heavy atom. The van der Waals surface area contributed by atoms with Gasteiger partial charge in [-0.2, -0.15) is 13.2 Å². The van der Waals surface area contributed by atoms with E-state index >= 15 is 0 Å². The summed E-state index contributed by atoms with van der Waals surface area (Å²) in [6.45, 7) is 0. The van der Waals surface area contributed by atoms with E-state index < -0.39 is 40.5 Å². The first-order valence-corrected chi connectivity index (χ1v) is 6.46. The number of hydrogen-bond donors (Lipinski definition) is 0. The third-order valence-electron chi connectivity index (χ3n) is 3.17. The van der Waals surface area contributed by atoms with E-state index in [0.717, 1.165) is 20.3 Å². The summed E-state index contributed by atoms with van der Waals surface area (Å²) in [6, 6.07) is 4.45. The minimum Gasteiger partial charge on any atom is -0.494 e. The number of aromatic nitrogens is 1. The van der Waals surface area contributed by atoms with Crippen LogP contribution in [0.5, 0.6) is 5.75 Å². The van der Waals surface area contributed by atoms with E-state index in [2.05, 4.69) is 4.74 Å². The first-order valence-electron chi connectivity index (χ1n) is 6.46. The smallest absolute Gasteiger partial charge is 0.431 e. The maximum Gasteiger partial charge on any atom is 0.431 e. The molecule has 1 aromatic carbocycles. The summed E-state index contributed by atoms with van der Waals surface area (Å²) in [7, 11) is 2.08. The molecule has 2 aromatic rings. The summed E-state index contributed by atoms with van der Waals surface area (Å²) in [5, 5.41) is 0. The summed E-state index contributed by atoms with van der Waals surface area (Å²) in [4.78, 5) is 24.0. The second kappa shape index (κ2) is 6.34. The van der Waals surface area contributed by atoms with Crippen LogP contribution >= 0.6 is 0 Å². The van der Waals surface area contributed by atoms with Crippen molar-refractivity contribution >= 4 is 5.97 Å². The van der Waals surface area contributed by atoms with Crippen LogP contribution in [0, 0.1) is 5.82 Å². The average molecular weight is 345 g/mol. The van der Waals surface area contributed by atoms with Gasteiger partial charge in [-0.05, 0) is 24.3 Å². The number of methoxy groups -OCH3 is 2. The molecule has 0 aliphatic rings. The highest BCUT2D eigenvalue weighted by Gasteiger charge is 2.37. The number of ether oxygens (including phenoxy) is 2. The van der Waals surface area contributed by atoms with Crippen molar-refractivity contribution in [3.63, 3.8) is 0 Å². The van der Waals surface area contributed by atoms with Crippen molar-refractivity contribution in [3.05, 3.63) is 57.8 Å². The van der Waals surface area contributed by atoms with Crippen molar-refractivity contribution in [1.29, 1.82) is 0 Å². The van der Waals surface area contributed by atoms with E-state index in [9.17, 15) is 27.2 Å². The van der Waals surface area contributed by atoms with Crippen LogP contribution in [0.1, 0.15) is 16.1 Å². The molecule has 0 atom stereocenters. The monoisotopic (exact) mass is 345 g/mol. The van der Waals surface area contributed by atoms with E-state index in [4.69, 9.17) is 4.74 Å². The van der Waals surface area contributed by atoms with Crippen molar-refractivity contribution in [2.45, 2.75) is 6.18 Å². The zero-order valence-electron chi connectivity index (χ0n) is 12.5. The van der Waals surface area contributed by atoms with Gasteiger partial charge in [-0.15, -0.1) is 0 Å². The topological polar surface area (TPSA) is 57.5 Å². The molecule has 0 spiro atoms. The van der Waals surface area contributed by atoms with Crippen LogP contribution in [0.25, 0.3) is 5.69 Å². The van der Waals surface area contributed by atoms with E-state index in [-0.39, 0.29) is 10.3 Å². The van der Waals surface area contributed by atoms with Gasteiger partial charge in [-0.3, -0.25) is 9.36 Å². The second-order valence-electron chi connectivity index (χ2n) is 4.55. The van der Waals surface area contributed by atoms with Gasteiger partial charge in [-0.1, -0.05) is 6.07 Å². The van der Waals surface area contributed by atoms with Crippen LogP contribution in [0.2, 0.25) is 0 Å². The molecule has 0 fully saturated rings. The number of nitrogens with zero attached hydrogens (tertiary/aromatic N) is 1. The maximum absolute atomic E-state index is 14.2. The summed E-state index contributed by atoms with van der Waals surface area (Å²) in [5.74, 6) is -2.56. The van der Waals surface area contributed by atoms with Gasteiger partial charge in [0.15, 0.2) is 5.82 Å². The lowest BCUT2D eigenvalue weighted by atomic mass is 10.2. The molecule has 0 saturated heterocycles. The number of alkyl halides is 3. The molecule has 5 nitrogen and oxygen atoms in total. The quantitative estimate of drug-likeness (QED) is 0.634. The SMILES string of the molecule is COC(=O)c1ccc(C(F)(F)F)n(-c2c(F)cccc2OC)c1=O. The number of carbonyl (C=O) groups is 1. The van der Waals surface area contributed by atoms with E-state index in [1.807, 2.05) is 0 Å². The summed E-state index contributed by atoms with van der Waals surface area (Å²) in [5.41, 5.74) is -4.25. The van der Waals surface area contributed by atoms with Gasteiger partial charge < -0.3 is 9.47 Å². The predicted octanol–water partition coefficient (Wildman–Crippen LogP) is 2.79. The molecule has 128 valence electrons. The first-order chi connectivity index (χ1) is 11.2. The number of halogens is 4. The molecule has 0 aliphatic carbocycles. The van der Waals surface area contributed by atoms with E-state index in [1.165, 1.54) is 12.1 Å². The van der Waals surface area contributed by atoms with Gasteiger partial charge in [0.25, 0.3) is 5.56 Å². The largest absolute Gasteiger partial charge is 0.494 e. The van der Waals surface area contributed by atoms with E-state index in [1.54, 1.807) is 0 Å². The van der Waals surface area contributed by atoms with Crippen molar-refractivity contribution in [3.8, 4) is 11.4 Å². The molecule has 1 heterocycles. The Morgan fingerprint density at radius 1 is 1.12 bits per heavy atom. The molecule has 24 heavy (non-hydrogen) atoms. The number of hydrogen-bond acceptors (Lipinski definition) is 4. The third kappa shape index (κ3) is 2.97. The Morgan fingerprint density at radius 2 is 1.79 bits per heavy atom. The van der Waals surface area contributed by atoms with Crippen molar-refractivity contribution < 1.29 is 31.8 Å². The fourth-order valence-corrected chi connectivity index (χ4v) is 2.12. The Kier molecular flexibility index (Phi) is 4.63. The lowest BCUT2D eigenvalue weighted by molar-refractivity contribution is -0.143. The predicted molar refractivity (Wildman–Crippen MR) is 74.9 cm³/mol. The minimum atomic E-state index is -4.97. The Bertz CT molecular complexity index is 842. The van der Waals surface area contributed by atoms with E-state index in [0.29, 0.717) is 12.1 Å². The molecule has 2 rings (SSSR count). The van der Waals surface area contributed by atoms with Crippen LogP contribution < -0.4 is 10.3 Å². The average Bonchev–Trinajstić information content (AvgIpc) is 2.53. The molecular formula is C15H11F4NO4. The number of benzene rings is 1. The van der Waals surface area contributed by atoms with Crippen molar-refractivity contribution in [2.24, 2.45) is 0 Å². The minimum absolute atomic E-state index is 0.0560. The van der Waals surface area contributed by atoms with Gasteiger partial charge in [0.05, 0.1) is 14.2 Å². The van der Waals surface area contributed by atoms with Crippen LogP contribution in [0.15, 0.2) is 35.1 Å². The maximum atomic E-state index is 14.2. The van der Waals surface area contributed by atoms with Gasteiger partial charge in [0.2, 0.25) is 0 Å². The number of carbonyl (C=O) groups excluding carboxylic acids is 1. The van der Waals surface area contributed by atoms with Crippen molar-refractivity contribution in [1.82, 2.24) is 4.57 Å². The lowest BCUT2D eigenvalue weighted by Crippen LogP contribution is -2.32. The highest BCUT2D eigenvalue weighted by atomic mass is 19.4. The molecule has 0 radical (unpaired) electrons. The molecule has 1 aromatic heterocycles. The van der Waals surface area contributed by atoms with Gasteiger partial charge in [0, 0.05) is 0 Å². The summed E-state index contributed by atoms with van der Waals surface area (Å²) in [6.07, 6.45) is -4.97. The number of para-hydroxylation sites is 1.